The number of hydrogen-bond acceptors (Lipinski definition) is 6. The van der Waals surface area contributed by atoms with E-state index in [0.29, 0.717) is 5.56 Å². The Morgan fingerprint density at radius 1 is 1.26 bits per heavy atom. The molecule has 3 rings (SSSR count). The molecule has 1 atom stereocenters. The first kappa shape index (κ1) is 18.8. The predicted molar refractivity (Wildman–Crippen MR) is 103 cm³/mol. The molecule has 2 aromatic carbocycles. The maximum absolute atomic E-state index is 11.3. The largest absolute Gasteiger partial charge is 0.511 e. The lowest BCUT2D eigenvalue weighted by Crippen LogP contribution is -2.21. The van der Waals surface area contributed by atoms with Crippen molar-refractivity contribution in [1.82, 2.24) is 4.98 Å². The van der Waals surface area contributed by atoms with Gasteiger partial charge in [-0.2, -0.15) is 0 Å². The smallest absolute Gasteiger partial charge is 0.449 e. The number of nitro groups is 1. The lowest BCUT2D eigenvalue weighted by molar-refractivity contribution is -0.385. The van der Waals surface area contributed by atoms with Crippen molar-refractivity contribution in [3.8, 4) is 5.75 Å². The first-order valence-electron chi connectivity index (χ1n) is 8.21. The second kappa shape index (κ2) is 6.96. The van der Waals surface area contributed by atoms with Crippen LogP contribution in [0.1, 0.15) is 37.3 Å². The number of benzene rings is 2. The number of fused-ring (bicyclic) bond motifs is 1. The number of rotatable bonds is 4. The summed E-state index contributed by atoms with van der Waals surface area (Å²) in [5.74, 6) is -0.309. The molecule has 0 radical (unpaired) electrons. The van der Waals surface area contributed by atoms with E-state index < -0.39 is 11.1 Å². The highest BCUT2D eigenvalue weighted by molar-refractivity contribution is 7.18. The molecule has 8 heteroatoms. The molecule has 1 heterocycles. The van der Waals surface area contributed by atoms with Crippen LogP contribution in [0.5, 0.6) is 5.75 Å². The fraction of sp³-hybridized carbons (Fsp3) is 0.263. The molecule has 0 bridgehead atoms. The number of carbonyl (C=O) groups is 1. The highest BCUT2D eigenvalue weighted by Gasteiger charge is 2.34. The molecular formula is C19H18N2O5S. The molecule has 140 valence electrons. The molecule has 1 aromatic heterocycles. The van der Waals surface area contributed by atoms with E-state index in [1.54, 1.807) is 0 Å². The zero-order valence-corrected chi connectivity index (χ0v) is 15.8. The van der Waals surface area contributed by atoms with E-state index in [1.807, 2.05) is 45.0 Å². The molecule has 1 N–H and O–H groups in total. The summed E-state index contributed by atoms with van der Waals surface area (Å²) in [6, 6.07) is 11.6. The number of carboxylic acid groups (broad SMARTS) is 1. The quantitative estimate of drug-likeness (QED) is 0.277. The summed E-state index contributed by atoms with van der Waals surface area (Å²) in [4.78, 5) is 26.6. The van der Waals surface area contributed by atoms with Crippen molar-refractivity contribution in [2.75, 3.05) is 0 Å². The van der Waals surface area contributed by atoms with Gasteiger partial charge in [0.15, 0.2) is 0 Å². The Kier molecular flexibility index (Phi) is 4.84. The molecular weight excluding hydrogens is 368 g/mol. The van der Waals surface area contributed by atoms with E-state index in [9.17, 15) is 14.9 Å². The van der Waals surface area contributed by atoms with Gasteiger partial charge in [-0.3, -0.25) is 10.1 Å². The van der Waals surface area contributed by atoms with E-state index in [1.165, 1.54) is 29.5 Å². The van der Waals surface area contributed by atoms with Gasteiger partial charge in [0.05, 0.1) is 15.1 Å². The molecule has 0 aliphatic heterocycles. The summed E-state index contributed by atoms with van der Waals surface area (Å²) < 4.78 is 5.92. The van der Waals surface area contributed by atoms with Crippen molar-refractivity contribution >= 4 is 33.4 Å². The molecule has 0 saturated carbocycles. The van der Waals surface area contributed by atoms with E-state index in [0.717, 1.165) is 15.2 Å². The molecule has 0 fully saturated rings. The fourth-order valence-corrected chi connectivity index (χ4v) is 4.38. The Hall–Kier alpha value is -3.00. The molecule has 0 aliphatic carbocycles. The van der Waals surface area contributed by atoms with Crippen LogP contribution in [0.3, 0.4) is 0 Å². The highest BCUT2D eigenvalue weighted by atomic mass is 32.1. The van der Waals surface area contributed by atoms with Crippen molar-refractivity contribution < 1.29 is 19.6 Å². The Morgan fingerprint density at radius 3 is 2.56 bits per heavy atom. The Balaban J connectivity index is 2.24. The zero-order chi connectivity index (χ0) is 19.8. The van der Waals surface area contributed by atoms with Gasteiger partial charge in [0.25, 0.3) is 5.69 Å². The van der Waals surface area contributed by atoms with Crippen LogP contribution >= 0.6 is 11.3 Å². The molecule has 0 aliphatic rings. The average Bonchev–Trinajstić information content (AvgIpc) is 2.97. The summed E-state index contributed by atoms with van der Waals surface area (Å²) in [5.41, 5.74) is 0.744. The summed E-state index contributed by atoms with van der Waals surface area (Å²) in [5, 5.41) is 21.1. The van der Waals surface area contributed by atoms with Crippen molar-refractivity contribution in [1.29, 1.82) is 0 Å². The predicted octanol–water partition coefficient (Wildman–Crippen LogP) is 5.44. The molecule has 0 saturated heterocycles. The highest BCUT2D eigenvalue weighted by Crippen LogP contribution is 2.47. The third kappa shape index (κ3) is 3.90. The monoisotopic (exact) mass is 386 g/mol. The minimum Gasteiger partial charge on any atom is -0.449 e. The SMILES string of the molecule is CC(C)(C)[C@H](c1nc2ccccc2s1)c1cc([N+](=O)[O-])ccc1OC(=O)O. The lowest BCUT2D eigenvalue weighted by atomic mass is 9.76. The van der Waals surface area contributed by atoms with Crippen LogP contribution < -0.4 is 4.74 Å². The van der Waals surface area contributed by atoms with Gasteiger partial charge in [0.1, 0.15) is 10.8 Å². The molecule has 0 unspecified atom stereocenters. The number of non-ortho nitro benzene ring substituents is 1. The number of ether oxygens (including phenoxy) is 1. The standard InChI is InChI=1S/C19H18N2O5S/c1-19(2,3)16(17-20-13-6-4-5-7-15(13)27-17)12-10-11(21(24)25)8-9-14(12)26-18(22)23/h4-10,16H,1-3H3,(H,22,23)/t16-/m0/s1. The topological polar surface area (TPSA) is 103 Å². The zero-order valence-electron chi connectivity index (χ0n) is 15.0. The normalized spacial score (nSPS) is 12.7. The van der Waals surface area contributed by atoms with Gasteiger partial charge >= 0.3 is 6.16 Å². The molecule has 27 heavy (non-hydrogen) atoms. The Labute approximate surface area is 159 Å². The van der Waals surface area contributed by atoms with Crippen molar-refractivity contribution in [3.05, 3.63) is 63.1 Å². The molecule has 0 amide bonds. The van der Waals surface area contributed by atoms with Crippen LogP contribution in [0.2, 0.25) is 0 Å². The van der Waals surface area contributed by atoms with E-state index >= 15 is 0 Å². The minimum atomic E-state index is -1.47. The second-order valence-corrected chi connectivity index (χ2v) is 8.23. The van der Waals surface area contributed by atoms with Crippen LogP contribution in [0.25, 0.3) is 10.2 Å². The van der Waals surface area contributed by atoms with Gasteiger partial charge < -0.3 is 9.84 Å². The van der Waals surface area contributed by atoms with Crippen molar-refractivity contribution in [2.24, 2.45) is 5.41 Å². The number of nitro benzene ring substituents is 1. The average molecular weight is 386 g/mol. The number of thiazole rings is 1. The van der Waals surface area contributed by atoms with Crippen LogP contribution in [0, 0.1) is 15.5 Å². The maximum atomic E-state index is 11.3. The van der Waals surface area contributed by atoms with Crippen LogP contribution in [-0.2, 0) is 0 Å². The van der Waals surface area contributed by atoms with Gasteiger partial charge in [0, 0.05) is 23.6 Å². The van der Waals surface area contributed by atoms with Gasteiger partial charge in [-0.15, -0.1) is 11.3 Å². The van der Waals surface area contributed by atoms with Gasteiger partial charge in [0.2, 0.25) is 0 Å². The van der Waals surface area contributed by atoms with Gasteiger partial charge in [-0.1, -0.05) is 32.9 Å². The number of para-hydroxylation sites is 1. The van der Waals surface area contributed by atoms with Gasteiger partial charge in [-0.25, -0.2) is 9.78 Å². The van der Waals surface area contributed by atoms with Crippen molar-refractivity contribution in [2.45, 2.75) is 26.7 Å². The lowest BCUT2D eigenvalue weighted by Gasteiger charge is -2.30. The summed E-state index contributed by atoms with van der Waals surface area (Å²) in [6.07, 6.45) is -1.47. The molecule has 0 spiro atoms. The Morgan fingerprint density at radius 2 is 1.96 bits per heavy atom. The van der Waals surface area contributed by atoms with Crippen LogP contribution in [-0.4, -0.2) is 21.2 Å². The van der Waals surface area contributed by atoms with E-state index in [-0.39, 0.29) is 22.8 Å². The summed E-state index contributed by atoms with van der Waals surface area (Å²) in [7, 11) is 0. The number of hydrogen-bond donors (Lipinski definition) is 1. The van der Waals surface area contributed by atoms with Crippen LogP contribution in [0.15, 0.2) is 42.5 Å². The molecule has 7 nitrogen and oxygen atoms in total. The maximum Gasteiger partial charge on any atom is 0.511 e. The number of nitrogens with zero attached hydrogens (tertiary/aromatic N) is 2. The molecule has 3 aromatic rings. The summed E-state index contributed by atoms with van der Waals surface area (Å²) >= 11 is 1.48. The van der Waals surface area contributed by atoms with E-state index in [4.69, 9.17) is 14.8 Å². The first-order chi connectivity index (χ1) is 12.7. The van der Waals surface area contributed by atoms with Gasteiger partial charge in [-0.05, 0) is 23.6 Å². The minimum absolute atomic E-state index is 0.0762. The number of aromatic nitrogens is 1. The summed E-state index contributed by atoms with van der Waals surface area (Å²) in [6.45, 7) is 5.94. The second-order valence-electron chi connectivity index (χ2n) is 7.17. The third-order valence-electron chi connectivity index (χ3n) is 4.14. The third-order valence-corrected chi connectivity index (χ3v) is 5.24. The fourth-order valence-electron chi connectivity index (χ4n) is 3.05. The Bertz CT molecular complexity index is 989. The van der Waals surface area contributed by atoms with Crippen LogP contribution in [0.4, 0.5) is 10.5 Å². The van der Waals surface area contributed by atoms with E-state index in [2.05, 4.69) is 0 Å². The van der Waals surface area contributed by atoms with Crippen molar-refractivity contribution in [3.63, 3.8) is 0 Å². The first-order valence-corrected chi connectivity index (χ1v) is 9.03.